The van der Waals surface area contributed by atoms with Crippen LogP contribution in [0.3, 0.4) is 0 Å². The van der Waals surface area contributed by atoms with Crippen LogP contribution in [0.5, 0.6) is 0 Å². The van der Waals surface area contributed by atoms with Gasteiger partial charge in [0.15, 0.2) is 11.5 Å². The van der Waals surface area contributed by atoms with E-state index in [-0.39, 0.29) is 11.8 Å². The van der Waals surface area contributed by atoms with Gasteiger partial charge >= 0.3 is 0 Å². The van der Waals surface area contributed by atoms with Crippen LogP contribution in [0.1, 0.15) is 45.3 Å². The highest BCUT2D eigenvalue weighted by atomic mass is 16.1. The first-order chi connectivity index (χ1) is 15.1. The Balaban J connectivity index is 1.41. The summed E-state index contributed by atoms with van der Waals surface area (Å²) in [6, 6.07) is 26.1. The lowest BCUT2D eigenvalue weighted by Gasteiger charge is -2.18. The molecule has 1 amide bonds. The highest BCUT2D eigenvalue weighted by Gasteiger charge is 2.15. The van der Waals surface area contributed by atoms with Gasteiger partial charge < -0.3 is 5.32 Å². The number of aromatic nitrogens is 4. The molecular weight excluding hydrogens is 386 g/mol. The number of hydrogen-bond donors (Lipinski definition) is 1. The molecule has 0 fully saturated rings. The van der Waals surface area contributed by atoms with Gasteiger partial charge in [-0.2, -0.15) is 5.10 Å². The second kappa shape index (κ2) is 9.34. The predicted molar refractivity (Wildman–Crippen MR) is 120 cm³/mol. The molecule has 0 bridgehead atoms. The molecule has 0 unspecified atom stereocenters. The average Bonchev–Trinajstić information content (AvgIpc) is 3.15. The van der Waals surface area contributed by atoms with Crippen molar-refractivity contribution < 1.29 is 4.79 Å². The third-order valence-corrected chi connectivity index (χ3v) is 5.23. The Hall–Kier alpha value is -3.80. The van der Waals surface area contributed by atoms with E-state index in [9.17, 15) is 4.79 Å². The maximum Gasteiger partial charge on any atom is 0.271 e. The smallest absolute Gasteiger partial charge is 0.271 e. The third kappa shape index (κ3) is 4.86. The van der Waals surface area contributed by atoms with E-state index in [4.69, 9.17) is 0 Å². The van der Waals surface area contributed by atoms with Crippen molar-refractivity contribution in [1.29, 1.82) is 0 Å². The molecule has 0 atom stereocenters. The quantitative estimate of drug-likeness (QED) is 0.494. The van der Waals surface area contributed by atoms with Crippen molar-refractivity contribution in [2.45, 2.75) is 26.2 Å². The Labute approximate surface area is 182 Å². The molecular formula is C25H25N5O. The van der Waals surface area contributed by atoms with Gasteiger partial charge in [0.25, 0.3) is 5.91 Å². The van der Waals surface area contributed by atoms with E-state index in [0.717, 1.165) is 17.8 Å². The number of carbonyl (C=O) groups is 1. The van der Waals surface area contributed by atoms with Crippen molar-refractivity contribution in [2.75, 3.05) is 6.54 Å². The maximum absolute atomic E-state index is 12.6. The minimum Gasteiger partial charge on any atom is -0.351 e. The SMILES string of the molecule is Cc1cc(C)n(-c2ccc(C(=O)NCCC(c3ccccc3)c3ccccc3)nn2)n1. The first-order valence-electron chi connectivity index (χ1n) is 10.4. The lowest BCUT2D eigenvalue weighted by molar-refractivity contribution is 0.0946. The molecule has 0 aliphatic carbocycles. The second-order valence-corrected chi connectivity index (χ2v) is 7.53. The molecule has 0 saturated carbocycles. The summed E-state index contributed by atoms with van der Waals surface area (Å²) in [7, 11) is 0. The van der Waals surface area contributed by atoms with Crippen LogP contribution >= 0.6 is 0 Å². The van der Waals surface area contributed by atoms with Crippen LogP contribution in [0, 0.1) is 13.8 Å². The number of nitrogens with one attached hydrogen (secondary N) is 1. The zero-order chi connectivity index (χ0) is 21.6. The summed E-state index contributed by atoms with van der Waals surface area (Å²) in [5.41, 5.74) is 4.64. The van der Waals surface area contributed by atoms with Crippen molar-refractivity contribution >= 4 is 5.91 Å². The standard InChI is InChI=1S/C25H25N5O/c1-18-17-19(2)30(29-18)24-14-13-23(27-28-24)25(31)26-16-15-22(20-9-5-3-6-10-20)21-11-7-4-8-12-21/h3-14,17,22H,15-16H2,1-2H3,(H,26,31). The highest BCUT2D eigenvalue weighted by Crippen LogP contribution is 2.27. The number of hydrogen-bond acceptors (Lipinski definition) is 4. The molecule has 0 aliphatic heterocycles. The topological polar surface area (TPSA) is 72.7 Å². The van der Waals surface area contributed by atoms with Gasteiger partial charge in [-0.15, -0.1) is 10.2 Å². The molecule has 0 spiro atoms. The first-order valence-corrected chi connectivity index (χ1v) is 10.4. The minimum atomic E-state index is -0.229. The van der Waals surface area contributed by atoms with E-state index in [2.05, 4.69) is 44.9 Å². The largest absolute Gasteiger partial charge is 0.351 e. The third-order valence-electron chi connectivity index (χ3n) is 5.23. The second-order valence-electron chi connectivity index (χ2n) is 7.53. The van der Waals surface area contributed by atoms with Crippen LogP contribution in [-0.2, 0) is 0 Å². The zero-order valence-corrected chi connectivity index (χ0v) is 17.7. The highest BCUT2D eigenvalue weighted by molar-refractivity contribution is 5.92. The monoisotopic (exact) mass is 411 g/mol. The van der Waals surface area contributed by atoms with E-state index in [0.29, 0.717) is 18.1 Å². The van der Waals surface area contributed by atoms with Crippen LogP contribution in [0.4, 0.5) is 0 Å². The van der Waals surface area contributed by atoms with E-state index in [1.165, 1.54) is 11.1 Å². The van der Waals surface area contributed by atoms with Crippen molar-refractivity contribution in [2.24, 2.45) is 0 Å². The number of aryl methyl sites for hydroxylation is 2. The van der Waals surface area contributed by atoms with E-state index in [1.807, 2.05) is 56.3 Å². The Morgan fingerprint density at radius 3 is 2.06 bits per heavy atom. The van der Waals surface area contributed by atoms with E-state index in [1.54, 1.807) is 16.8 Å². The maximum atomic E-state index is 12.6. The fourth-order valence-electron chi connectivity index (χ4n) is 3.74. The van der Waals surface area contributed by atoms with Crippen molar-refractivity contribution in [1.82, 2.24) is 25.3 Å². The van der Waals surface area contributed by atoms with Crippen molar-refractivity contribution in [3.8, 4) is 5.82 Å². The molecule has 1 N–H and O–H groups in total. The van der Waals surface area contributed by atoms with Crippen LogP contribution in [0.15, 0.2) is 78.9 Å². The normalized spacial score (nSPS) is 10.9. The number of nitrogens with zero attached hydrogens (tertiary/aromatic N) is 4. The summed E-state index contributed by atoms with van der Waals surface area (Å²) in [6.07, 6.45) is 0.789. The molecule has 2 aromatic carbocycles. The number of amides is 1. The van der Waals surface area contributed by atoms with E-state index >= 15 is 0 Å². The summed E-state index contributed by atoms with van der Waals surface area (Å²) in [5.74, 6) is 0.574. The Morgan fingerprint density at radius 1 is 0.903 bits per heavy atom. The van der Waals surface area contributed by atoms with Crippen LogP contribution in [-0.4, -0.2) is 32.4 Å². The van der Waals surface area contributed by atoms with Gasteiger partial charge in [-0.05, 0) is 49.6 Å². The molecule has 6 heteroatoms. The molecule has 4 aromatic rings. The average molecular weight is 412 g/mol. The van der Waals surface area contributed by atoms with Crippen molar-refractivity contribution in [3.63, 3.8) is 0 Å². The summed E-state index contributed by atoms with van der Waals surface area (Å²) in [4.78, 5) is 12.6. The molecule has 31 heavy (non-hydrogen) atoms. The molecule has 2 heterocycles. The zero-order valence-electron chi connectivity index (χ0n) is 17.7. The van der Waals surface area contributed by atoms with Gasteiger partial charge in [-0.3, -0.25) is 4.79 Å². The molecule has 6 nitrogen and oxygen atoms in total. The van der Waals surface area contributed by atoms with Gasteiger partial charge in [0.1, 0.15) is 0 Å². The fraction of sp³-hybridized carbons (Fsp3) is 0.200. The minimum absolute atomic E-state index is 0.210. The number of rotatable bonds is 7. The Morgan fingerprint density at radius 2 is 1.55 bits per heavy atom. The molecule has 156 valence electrons. The summed E-state index contributed by atoms with van der Waals surface area (Å²) in [5, 5.41) is 15.6. The van der Waals surface area contributed by atoms with Gasteiger partial charge in [-0.25, -0.2) is 4.68 Å². The first kappa shape index (κ1) is 20.5. The van der Waals surface area contributed by atoms with Gasteiger partial charge in [-0.1, -0.05) is 60.7 Å². The Bertz CT molecular complexity index is 1100. The number of carbonyl (C=O) groups excluding carboxylic acids is 1. The van der Waals surface area contributed by atoms with Gasteiger partial charge in [0, 0.05) is 18.2 Å². The summed E-state index contributed by atoms with van der Waals surface area (Å²) < 4.78 is 1.72. The van der Waals surface area contributed by atoms with Crippen LogP contribution in [0.25, 0.3) is 5.82 Å². The lowest BCUT2D eigenvalue weighted by Crippen LogP contribution is -2.27. The van der Waals surface area contributed by atoms with Crippen LogP contribution in [0.2, 0.25) is 0 Å². The molecule has 4 rings (SSSR count). The summed E-state index contributed by atoms with van der Waals surface area (Å²) >= 11 is 0. The molecule has 0 radical (unpaired) electrons. The molecule has 0 aliphatic rings. The fourth-order valence-corrected chi connectivity index (χ4v) is 3.74. The lowest BCUT2D eigenvalue weighted by atomic mass is 9.88. The van der Waals surface area contributed by atoms with Gasteiger partial charge in [0.2, 0.25) is 0 Å². The van der Waals surface area contributed by atoms with Crippen LogP contribution < -0.4 is 5.32 Å². The van der Waals surface area contributed by atoms with Gasteiger partial charge in [0.05, 0.1) is 5.69 Å². The van der Waals surface area contributed by atoms with E-state index < -0.39 is 0 Å². The summed E-state index contributed by atoms with van der Waals surface area (Å²) in [6.45, 7) is 4.42. The molecule has 0 saturated heterocycles. The number of benzene rings is 2. The van der Waals surface area contributed by atoms with Crippen molar-refractivity contribution in [3.05, 3.63) is 107 Å². The predicted octanol–water partition coefficient (Wildman–Crippen LogP) is 4.23. The molecule has 2 aromatic heterocycles. The Kier molecular flexibility index (Phi) is 6.17.